The molecule has 5 nitrogen and oxygen atoms in total. The molecule has 5 heteroatoms. The minimum absolute atomic E-state index is 0.173. The molecule has 0 aliphatic heterocycles. The van der Waals surface area contributed by atoms with E-state index in [0.717, 1.165) is 18.7 Å². The van der Waals surface area contributed by atoms with E-state index >= 15 is 0 Å². The number of carbonyl (C=O) groups excluding carboxylic acids is 2. The summed E-state index contributed by atoms with van der Waals surface area (Å²) in [6, 6.07) is 7.14. The van der Waals surface area contributed by atoms with Crippen LogP contribution in [0.25, 0.3) is 0 Å². The van der Waals surface area contributed by atoms with Gasteiger partial charge in [0.25, 0.3) is 0 Å². The molecule has 0 saturated carbocycles. The van der Waals surface area contributed by atoms with Crippen LogP contribution >= 0.6 is 0 Å². The first-order chi connectivity index (χ1) is 9.58. The Bertz CT molecular complexity index is 439. The number of nitrogens with zero attached hydrogens (tertiary/aromatic N) is 1. The van der Waals surface area contributed by atoms with Crippen LogP contribution in [0.15, 0.2) is 24.3 Å². The standard InChI is InChI=1S/C15H23N3O2/c1-3-18(4-2)14(19)9-10-17-11-12-5-7-13(8-6-12)15(16)20/h5-8,17H,3-4,9-11H2,1-2H3,(H2,16,20). The van der Waals surface area contributed by atoms with Gasteiger partial charge in [-0.1, -0.05) is 12.1 Å². The number of primary amides is 1. The molecule has 0 atom stereocenters. The summed E-state index contributed by atoms with van der Waals surface area (Å²) in [5.74, 6) is -0.249. The Labute approximate surface area is 120 Å². The third-order valence-electron chi connectivity index (χ3n) is 3.20. The third kappa shape index (κ3) is 5.01. The van der Waals surface area contributed by atoms with Crippen LogP contribution in [0, 0.1) is 0 Å². The van der Waals surface area contributed by atoms with Gasteiger partial charge in [-0.15, -0.1) is 0 Å². The summed E-state index contributed by atoms with van der Waals surface area (Å²) in [7, 11) is 0. The second-order valence-corrected chi connectivity index (χ2v) is 4.55. The number of carbonyl (C=O) groups is 2. The van der Waals surface area contributed by atoms with Crippen LogP contribution in [0.5, 0.6) is 0 Å². The van der Waals surface area contributed by atoms with E-state index in [2.05, 4.69) is 5.32 Å². The Morgan fingerprint density at radius 3 is 2.25 bits per heavy atom. The second-order valence-electron chi connectivity index (χ2n) is 4.55. The zero-order valence-corrected chi connectivity index (χ0v) is 12.2. The van der Waals surface area contributed by atoms with Crippen LogP contribution in [0.1, 0.15) is 36.2 Å². The molecule has 1 aromatic carbocycles. The van der Waals surface area contributed by atoms with E-state index in [1.807, 2.05) is 30.9 Å². The maximum Gasteiger partial charge on any atom is 0.248 e. The molecular formula is C15H23N3O2. The number of hydrogen-bond donors (Lipinski definition) is 2. The third-order valence-corrected chi connectivity index (χ3v) is 3.20. The first-order valence-corrected chi connectivity index (χ1v) is 6.95. The maximum absolute atomic E-state index is 11.8. The monoisotopic (exact) mass is 277 g/mol. The molecule has 0 bridgehead atoms. The summed E-state index contributed by atoms with van der Waals surface area (Å²) in [6.45, 7) is 6.79. The summed E-state index contributed by atoms with van der Waals surface area (Å²) in [6.07, 6.45) is 0.501. The van der Waals surface area contributed by atoms with Crippen LogP contribution in [-0.4, -0.2) is 36.3 Å². The molecule has 0 saturated heterocycles. The van der Waals surface area contributed by atoms with Gasteiger partial charge in [-0.25, -0.2) is 0 Å². The van der Waals surface area contributed by atoms with E-state index in [1.54, 1.807) is 12.1 Å². The van der Waals surface area contributed by atoms with Gasteiger partial charge in [0.15, 0.2) is 0 Å². The molecule has 0 aromatic heterocycles. The van der Waals surface area contributed by atoms with E-state index in [0.29, 0.717) is 25.1 Å². The number of rotatable bonds is 8. The predicted octanol–water partition coefficient (Wildman–Crippen LogP) is 1.13. The largest absolute Gasteiger partial charge is 0.366 e. The van der Waals surface area contributed by atoms with E-state index in [1.165, 1.54) is 0 Å². The molecule has 0 spiro atoms. The van der Waals surface area contributed by atoms with Crippen molar-refractivity contribution < 1.29 is 9.59 Å². The summed E-state index contributed by atoms with van der Waals surface area (Å²) in [5, 5.41) is 3.22. The van der Waals surface area contributed by atoms with Crippen molar-refractivity contribution in [2.45, 2.75) is 26.8 Å². The number of hydrogen-bond acceptors (Lipinski definition) is 3. The van der Waals surface area contributed by atoms with E-state index in [-0.39, 0.29) is 5.91 Å². The second kappa shape index (κ2) is 8.32. The zero-order valence-electron chi connectivity index (χ0n) is 12.2. The summed E-state index contributed by atoms with van der Waals surface area (Å²) in [4.78, 5) is 24.5. The molecule has 0 unspecified atom stereocenters. The minimum Gasteiger partial charge on any atom is -0.366 e. The lowest BCUT2D eigenvalue weighted by molar-refractivity contribution is -0.130. The number of nitrogens with one attached hydrogen (secondary N) is 1. The lowest BCUT2D eigenvalue weighted by atomic mass is 10.1. The molecule has 1 aromatic rings. The van der Waals surface area contributed by atoms with Crippen LogP contribution in [0.4, 0.5) is 0 Å². The van der Waals surface area contributed by atoms with Crippen molar-refractivity contribution in [3.63, 3.8) is 0 Å². The SMILES string of the molecule is CCN(CC)C(=O)CCNCc1ccc(C(N)=O)cc1. The highest BCUT2D eigenvalue weighted by Gasteiger charge is 2.08. The van der Waals surface area contributed by atoms with E-state index in [4.69, 9.17) is 5.73 Å². The highest BCUT2D eigenvalue weighted by atomic mass is 16.2. The quantitative estimate of drug-likeness (QED) is 0.700. The first kappa shape index (κ1) is 16.2. The van der Waals surface area contributed by atoms with E-state index < -0.39 is 5.91 Å². The van der Waals surface area contributed by atoms with Crippen molar-refractivity contribution in [1.29, 1.82) is 0 Å². The summed E-state index contributed by atoms with van der Waals surface area (Å²) in [5.41, 5.74) is 6.74. The molecule has 1 rings (SSSR count). The number of benzene rings is 1. The van der Waals surface area contributed by atoms with Crippen LogP contribution in [-0.2, 0) is 11.3 Å². The van der Waals surface area contributed by atoms with Crippen molar-refractivity contribution in [3.05, 3.63) is 35.4 Å². The van der Waals surface area contributed by atoms with Gasteiger partial charge < -0.3 is 16.0 Å². The number of nitrogens with two attached hydrogens (primary N) is 1. The van der Waals surface area contributed by atoms with Crippen molar-refractivity contribution in [2.24, 2.45) is 5.73 Å². The highest BCUT2D eigenvalue weighted by Crippen LogP contribution is 2.03. The van der Waals surface area contributed by atoms with Gasteiger partial charge in [0.2, 0.25) is 11.8 Å². The van der Waals surface area contributed by atoms with Gasteiger partial charge in [-0.05, 0) is 31.5 Å². The van der Waals surface area contributed by atoms with Crippen molar-refractivity contribution in [2.75, 3.05) is 19.6 Å². The Morgan fingerprint density at radius 1 is 1.15 bits per heavy atom. The van der Waals surface area contributed by atoms with Gasteiger partial charge in [0, 0.05) is 38.2 Å². The lowest BCUT2D eigenvalue weighted by Crippen LogP contribution is -2.32. The Balaban J connectivity index is 2.30. The van der Waals surface area contributed by atoms with Gasteiger partial charge in [-0.2, -0.15) is 0 Å². The number of amides is 2. The van der Waals surface area contributed by atoms with E-state index in [9.17, 15) is 9.59 Å². The first-order valence-electron chi connectivity index (χ1n) is 6.95. The molecular weight excluding hydrogens is 254 g/mol. The van der Waals surface area contributed by atoms with Gasteiger partial charge in [0.1, 0.15) is 0 Å². The molecule has 2 amide bonds. The Kier molecular flexibility index (Phi) is 6.73. The topological polar surface area (TPSA) is 75.4 Å². The molecule has 0 fully saturated rings. The summed E-state index contributed by atoms with van der Waals surface area (Å²) >= 11 is 0. The molecule has 3 N–H and O–H groups in total. The van der Waals surface area contributed by atoms with Crippen LogP contribution in [0.2, 0.25) is 0 Å². The normalized spacial score (nSPS) is 10.3. The zero-order chi connectivity index (χ0) is 15.0. The molecule has 0 aliphatic rings. The smallest absolute Gasteiger partial charge is 0.248 e. The predicted molar refractivity (Wildman–Crippen MR) is 79.2 cm³/mol. The Morgan fingerprint density at radius 2 is 1.75 bits per heavy atom. The fourth-order valence-electron chi connectivity index (χ4n) is 1.95. The molecule has 0 aliphatic carbocycles. The van der Waals surface area contributed by atoms with Crippen molar-refractivity contribution in [3.8, 4) is 0 Å². The Hall–Kier alpha value is -1.88. The molecule has 0 radical (unpaired) electrons. The summed E-state index contributed by atoms with van der Waals surface area (Å²) < 4.78 is 0. The van der Waals surface area contributed by atoms with Crippen LogP contribution < -0.4 is 11.1 Å². The lowest BCUT2D eigenvalue weighted by Gasteiger charge is -2.18. The maximum atomic E-state index is 11.8. The molecule has 20 heavy (non-hydrogen) atoms. The average Bonchev–Trinajstić information content (AvgIpc) is 2.45. The van der Waals surface area contributed by atoms with Gasteiger partial charge in [-0.3, -0.25) is 9.59 Å². The average molecular weight is 277 g/mol. The fraction of sp³-hybridized carbons (Fsp3) is 0.467. The van der Waals surface area contributed by atoms with Crippen molar-refractivity contribution >= 4 is 11.8 Å². The van der Waals surface area contributed by atoms with Crippen molar-refractivity contribution in [1.82, 2.24) is 10.2 Å². The molecule has 110 valence electrons. The van der Waals surface area contributed by atoms with Gasteiger partial charge >= 0.3 is 0 Å². The minimum atomic E-state index is -0.422. The highest BCUT2D eigenvalue weighted by molar-refractivity contribution is 5.92. The van der Waals surface area contributed by atoms with Gasteiger partial charge in [0.05, 0.1) is 0 Å². The van der Waals surface area contributed by atoms with Crippen LogP contribution in [0.3, 0.4) is 0 Å². The molecule has 0 heterocycles. The fourth-order valence-corrected chi connectivity index (χ4v) is 1.95.